The molecule has 2 unspecified atom stereocenters. The smallest absolute Gasteiger partial charge is 0.161 e. The zero-order valence-electron chi connectivity index (χ0n) is 13.5. The van der Waals surface area contributed by atoms with Crippen molar-refractivity contribution in [1.82, 2.24) is 0 Å². The van der Waals surface area contributed by atoms with Gasteiger partial charge in [0.15, 0.2) is 11.5 Å². The van der Waals surface area contributed by atoms with Gasteiger partial charge in [-0.15, -0.1) is 0 Å². The lowest BCUT2D eigenvalue weighted by Gasteiger charge is -2.41. The normalized spacial score (nSPS) is 29.4. The first-order valence-corrected chi connectivity index (χ1v) is 8.34. The Morgan fingerprint density at radius 1 is 0.870 bits per heavy atom. The van der Waals surface area contributed by atoms with E-state index in [-0.39, 0.29) is 0 Å². The van der Waals surface area contributed by atoms with Gasteiger partial charge in [0.05, 0.1) is 14.2 Å². The molecular weight excluding hydrogens is 284 g/mol. The van der Waals surface area contributed by atoms with Crippen molar-refractivity contribution in [3.05, 3.63) is 65.2 Å². The molecule has 4 atom stereocenters. The summed E-state index contributed by atoms with van der Waals surface area (Å²) in [5.74, 6) is 4.42. The molecule has 0 N–H and O–H groups in total. The van der Waals surface area contributed by atoms with E-state index in [1.54, 1.807) is 19.8 Å². The van der Waals surface area contributed by atoms with Crippen LogP contribution in [0.25, 0.3) is 5.57 Å². The molecule has 0 aliphatic heterocycles. The van der Waals surface area contributed by atoms with Gasteiger partial charge in [-0.1, -0.05) is 36.4 Å². The maximum absolute atomic E-state index is 5.52. The average molecular weight is 304 g/mol. The second-order valence-electron chi connectivity index (χ2n) is 6.88. The highest BCUT2D eigenvalue weighted by Gasteiger charge is 2.55. The Bertz CT molecular complexity index is 806. The van der Waals surface area contributed by atoms with Crippen molar-refractivity contribution in [3.63, 3.8) is 0 Å². The van der Waals surface area contributed by atoms with E-state index >= 15 is 0 Å². The summed E-state index contributed by atoms with van der Waals surface area (Å²) in [7, 11) is 3.44. The highest BCUT2D eigenvalue weighted by Crippen LogP contribution is 2.68. The Kier molecular flexibility index (Phi) is 2.67. The van der Waals surface area contributed by atoms with Crippen molar-refractivity contribution in [2.45, 2.75) is 18.3 Å². The van der Waals surface area contributed by atoms with Gasteiger partial charge < -0.3 is 9.47 Å². The van der Waals surface area contributed by atoms with Crippen molar-refractivity contribution < 1.29 is 9.47 Å². The van der Waals surface area contributed by atoms with Crippen LogP contribution in [0.5, 0.6) is 11.5 Å². The zero-order chi connectivity index (χ0) is 15.6. The van der Waals surface area contributed by atoms with Gasteiger partial charge in [-0.3, -0.25) is 0 Å². The first kappa shape index (κ1) is 13.2. The molecule has 0 heterocycles. The van der Waals surface area contributed by atoms with E-state index in [0.717, 1.165) is 11.5 Å². The van der Waals surface area contributed by atoms with Gasteiger partial charge in [0.1, 0.15) is 0 Å². The van der Waals surface area contributed by atoms with Gasteiger partial charge in [0, 0.05) is 0 Å². The molecule has 0 saturated heterocycles. The summed E-state index contributed by atoms with van der Waals surface area (Å²) in [6.07, 6.45) is 3.78. The van der Waals surface area contributed by atoms with Gasteiger partial charge in [-0.25, -0.2) is 0 Å². The van der Waals surface area contributed by atoms with Crippen LogP contribution in [-0.4, -0.2) is 14.2 Å². The fraction of sp³-hybridized carbons (Fsp3) is 0.333. The molecule has 1 fully saturated rings. The lowest BCUT2D eigenvalue weighted by Crippen LogP contribution is -2.29. The number of fused-ring (bicyclic) bond motifs is 8. The third-order valence-corrected chi connectivity index (χ3v) is 6.05. The van der Waals surface area contributed by atoms with E-state index in [4.69, 9.17) is 9.47 Å². The molecule has 0 amide bonds. The molecule has 2 aromatic carbocycles. The van der Waals surface area contributed by atoms with Gasteiger partial charge >= 0.3 is 0 Å². The van der Waals surface area contributed by atoms with Crippen LogP contribution in [0, 0.1) is 11.8 Å². The molecule has 1 saturated carbocycles. The summed E-state index contributed by atoms with van der Waals surface area (Å²) in [5, 5.41) is 0. The van der Waals surface area contributed by atoms with Crippen LogP contribution in [0.4, 0.5) is 0 Å². The van der Waals surface area contributed by atoms with Gasteiger partial charge in [0.2, 0.25) is 0 Å². The van der Waals surface area contributed by atoms with E-state index in [0.29, 0.717) is 23.7 Å². The summed E-state index contributed by atoms with van der Waals surface area (Å²) in [4.78, 5) is 0. The Hall–Kier alpha value is -2.22. The minimum atomic E-state index is 0.639. The maximum atomic E-state index is 5.52. The van der Waals surface area contributed by atoms with Crippen LogP contribution in [0.3, 0.4) is 0 Å². The number of ether oxygens (including phenoxy) is 2. The fourth-order valence-electron chi connectivity index (χ4n) is 5.07. The van der Waals surface area contributed by atoms with E-state index in [9.17, 15) is 0 Å². The van der Waals surface area contributed by atoms with Crippen molar-refractivity contribution in [2.24, 2.45) is 11.8 Å². The number of rotatable bonds is 3. The monoisotopic (exact) mass is 304 g/mol. The summed E-state index contributed by atoms with van der Waals surface area (Å²) >= 11 is 0. The number of allylic oxidation sites excluding steroid dienone is 2. The molecule has 116 valence electrons. The molecule has 0 aromatic heterocycles. The van der Waals surface area contributed by atoms with Crippen molar-refractivity contribution in [2.75, 3.05) is 14.2 Å². The second-order valence-corrected chi connectivity index (χ2v) is 6.88. The molecule has 2 heteroatoms. The van der Waals surface area contributed by atoms with Crippen LogP contribution in [0.2, 0.25) is 0 Å². The first-order chi connectivity index (χ1) is 11.3. The quantitative estimate of drug-likeness (QED) is 0.824. The Balaban J connectivity index is 1.56. The lowest BCUT2D eigenvalue weighted by molar-refractivity contribution is 0.351. The molecule has 3 aliphatic rings. The summed E-state index contributed by atoms with van der Waals surface area (Å²) < 4.78 is 11.0. The van der Waals surface area contributed by atoms with Crippen LogP contribution in [-0.2, 0) is 0 Å². The maximum Gasteiger partial charge on any atom is 0.161 e. The minimum absolute atomic E-state index is 0.639. The second kappa shape index (κ2) is 4.64. The summed E-state index contributed by atoms with van der Waals surface area (Å²) in [6.45, 7) is 0. The highest BCUT2D eigenvalue weighted by atomic mass is 16.5. The van der Waals surface area contributed by atoms with Gasteiger partial charge in [-0.2, -0.15) is 0 Å². The average Bonchev–Trinajstić information content (AvgIpc) is 3.05. The zero-order valence-corrected chi connectivity index (χ0v) is 13.5. The van der Waals surface area contributed by atoms with Gasteiger partial charge in [0.25, 0.3) is 0 Å². The van der Waals surface area contributed by atoms with Crippen LogP contribution in [0.1, 0.15) is 34.9 Å². The van der Waals surface area contributed by atoms with Crippen molar-refractivity contribution in [3.8, 4) is 11.5 Å². The van der Waals surface area contributed by atoms with E-state index in [1.807, 2.05) is 0 Å². The van der Waals surface area contributed by atoms with Gasteiger partial charge in [-0.05, 0) is 64.5 Å². The number of hydrogen-bond donors (Lipinski definition) is 0. The summed E-state index contributed by atoms with van der Waals surface area (Å²) in [6, 6.07) is 15.3. The topological polar surface area (TPSA) is 18.5 Å². The molecule has 2 aromatic rings. The number of hydrogen-bond acceptors (Lipinski definition) is 2. The van der Waals surface area contributed by atoms with Crippen LogP contribution < -0.4 is 9.47 Å². The standard InChI is InChI=1S/C21H20O2/c1-22-19-10-15-14-9-18(16(15)11-20(19)23-2)21-13(8-17(14)21)12-6-4-3-5-7-12/h3-8,10-11,14,17-18,21H,9H2,1-2H3/t14-,17?,18+,21?/m1/s1. The highest BCUT2D eigenvalue weighted by molar-refractivity contribution is 5.77. The van der Waals surface area contributed by atoms with Crippen molar-refractivity contribution >= 4 is 5.57 Å². The number of methoxy groups -OCH3 is 2. The number of benzene rings is 2. The molecule has 23 heavy (non-hydrogen) atoms. The molecule has 2 bridgehead atoms. The van der Waals surface area contributed by atoms with Crippen LogP contribution >= 0.6 is 0 Å². The van der Waals surface area contributed by atoms with E-state index in [1.165, 1.54) is 23.1 Å². The lowest BCUT2D eigenvalue weighted by atomic mass is 9.63. The molecular formula is C21H20O2. The Morgan fingerprint density at radius 3 is 2.17 bits per heavy atom. The van der Waals surface area contributed by atoms with E-state index in [2.05, 4.69) is 48.5 Å². The first-order valence-electron chi connectivity index (χ1n) is 8.34. The predicted octanol–water partition coefficient (Wildman–Crippen LogP) is 4.62. The molecule has 0 radical (unpaired) electrons. The molecule has 2 nitrogen and oxygen atoms in total. The van der Waals surface area contributed by atoms with E-state index < -0.39 is 0 Å². The summed E-state index contributed by atoms with van der Waals surface area (Å²) in [5.41, 5.74) is 5.90. The SMILES string of the molecule is COc1cc2c(cc1OC)[C@@H]1C[C@H]2C2C=C(c3ccccc3)C21. The predicted molar refractivity (Wildman–Crippen MR) is 91.0 cm³/mol. The minimum Gasteiger partial charge on any atom is -0.493 e. The fourth-order valence-corrected chi connectivity index (χ4v) is 5.07. The molecule has 5 rings (SSSR count). The Labute approximate surface area is 136 Å². The molecule has 3 aliphatic carbocycles. The van der Waals surface area contributed by atoms with Crippen molar-refractivity contribution in [1.29, 1.82) is 0 Å². The van der Waals surface area contributed by atoms with Crippen LogP contribution in [0.15, 0.2) is 48.5 Å². The Morgan fingerprint density at radius 2 is 1.52 bits per heavy atom. The largest absolute Gasteiger partial charge is 0.493 e. The third kappa shape index (κ3) is 1.64. The molecule has 0 spiro atoms. The third-order valence-electron chi connectivity index (χ3n) is 6.05.